The van der Waals surface area contributed by atoms with E-state index in [1.165, 1.54) is 12.1 Å². The number of hydrogen-bond donors (Lipinski definition) is 1. The van der Waals surface area contributed by atoms with Gasteiger partial charge in [-0.15, -0.1) is 0 Å². The maximum absolute atomic E-state index is 12.1. The zero-order valence-corrected chi connectivity index (χ0v) is 13.6. The van der Waals surface area contributed by atoms with Gasteiger partial charge in [0, 0.05) is 25.4 Å². The van der Waals surface area contributed by atoms with Crippen molar-refractivity contribution in [2.45, 2.75) is 42.7 Å². The molecule has 3 rings (SSSR count). The minimum atomic E-state index is -3.45. The molecule has 23 heavy (non-hydrogen) atoms. The van der Waals surface area contributed by atoms with Crippen LogP contribution in [0.5, 0.6) is 0 Å². The van der Waals surface area contributed by atoms with Crippen molar-refractivity contribution in [3.63, 3.8) is 0 Å². The number of likely N-dealkylation sites (tertiary alicyclic amines) is 1. The minimum absolute atomic E-state index is 0.0784. The molecular weight excluding hydrogens is 316 g/mol. The average molecular weight is 336 g/mol. The van der Waals surface area contributed by atoms with Crippen LogP contribution in [0, 0.1) is 0 Å². The first-order chi connectivity index (χ1) is 11.0. The number of nitrogens with zero attached hydrogens (tertiary/aromatic N) is 1. The molecule has 1 unspecified atom stereocenters. The first-order valence-electron chi connectivity index (χ1n) is 7.82. The molecule has 0 radical (unpaired) electrons. The van der Waals surface area contributed by atoms with Gasteiger partial charge in [0.05, 0.1) is 16.7 Å². The van der Waals surface area contributed by atoms with Crippen molar-refractivity contribution in [3.8, 4) is 0 Å². The lowest BCUT2D eigenvalue weighted by molar-refractivity contribution is -0.128. The average Bonchev–Trinajstić information content (AvgIpc) is 3.30. The van der Waals surface area contributed by atoms with Gasteiger partial charge in [-0.25, -0.2) is 8.42 Å². The first-order valence-corrected chi connectivity index (χ1v) is 9.47. The monoisotopic (exact) mass is 336 g/mol. The standard InChI is InChI=1S/C16H20N2O4S/c19-15(8-9-23(21,22)14-4-2-1-3-5-14)17-12-10-16(20)18(11-12)13-6-7-13/h1-5,12-13H,6-11H2,(H,17,19). The van der Waals surface area contributed by atoms with E-state index < -0.39 is 9.84 Å². The zero-order valence-electron chi connectivity index (χ0n) is 12.8. The van der Waals surface area contributed by atoms with Crippen molar-refractivity contribution < 1.29 is 18.0 Å². The Labute approximate surface area is 135 Å². The first kappa shape index (κ1) is 16.0. The predicted molar refractivity (Wildman–Crippen MR) is 84.4 cm³/mol. The van der Waals surface area contributed by atoms with Crippen molar-refractivity contribution in [1.29, 1.82) is 0 Å². The minimum Gasteiger partial charge on any atom is -0.351 e. The van der Waals surface area contributed by atoms with Gasteiger partial charge in [0.25, 0.3) is 0 Å². The van der Waals surface area contributed by atoms with Crippen molar-refractivity contribution in [2.75, 3.05) is 12.3 Å². The van der Waals surface area contributed by atoms with Crippen LogP contribution in [0.1, 0.15) is 25.7 Å². The molecule has 1 aromatic carbocycles. The lowest BCUT2D eigenvalue weighted by Crippen LogP contribution is -2.38. The van der Waals surface area contributed by atoms with Crippen LogP contribution in [0.25, 0.3) is 0 Å². The maximum atomic E-state index is 12.1. The summed E-state index contributed by atoms with van der Waals surface area (Å²) in [5.41, 5.74) is 0. The molecule has 7 heteroatoms. The van der Waals surface area contributed by atoms with Gasteiger partial charge in [-0.05, 0) is 25.0 Å². The summed E-state index contributed by atoms with van der Waals surface area (Å²) in [6.07, 6.45) is 2.31. The van der Waals surface area contributed by atoms with Gasteiger partial charge in [-0.2, -0.15) is 0 Å². The Morgan fingerprint density at radius 2 is 1.91 bits per heavy atom. The topological polar surface area (TPSA) is 83.5 Å². The molecule has 1 aliphatic heterocycles. The van der Waals surface area contributed by atoms with Crippen molar-refractivity contribution >= 4 is 21.7 Å². The number of amides is 2. The van der Waals surface area contributed by atoms with E-state index in [0.717, 1.165) is 12.8 Å². The van der Waals surface area contributed by atoms with E-state index in [2.05, 4.69) is 5.32 Å². The van der Waals surface area contributed by atoms with Crippen molar-refractivity contribution in [3.05, 3.63) is 30.3 Å². The highest BCUT2D eigenvalue weighted by Gasteiger charge is 2.39. The van der Waals surface area contributed by atoms with Crippen LogP contribution in [0.15, 0.2) is 35.2 Å². The Kier molecular flexibility index (Phi) is 4.39. The van der Waals surface area contributed by atoms with E-state index in [9.17, 15) is 18.0 Å². The molecule has 1 aromatic rings. The second kappa shape index (κ2) is 6.31. The predicted octanol–water partition coefficient (Wildman–Crippen LogP) is 0.730. The SMILES string of the molecule is O=C(CCS(=O)(=O)c1ccccc1)NC1CC(=O)N(C2CC2)C1. The molecule has 6 nitrogen and oxygen atoms in total. The summed E-state index contributed by atoms with van der Waals surface area (Å²) in [4.78, 5) is 25.8. The number of carbonyl (C=O) groups excluding carboxylic acids is 2. The van der Waals surface area contributed by atoms with Crippen molar-refractivity contribution in [1.82, 2.24) is 10.2 Å². The van der Waals surface area contributed by atoms with Crippen LogP contribution in [-0.2, 0) is 19.4 Å². The van der Waals surface area contributed by atoms with Gasteiger partial charge in [0.2, 0.25) is 11.8 Å². The third-order valence-electron chi connectivity index (χ3n) is 4.21. The number of benzene rings is 1. The third kappa shape index (κ3) is 3.90. The van der Waals surface area contributed by atoms with Crippen LogP contribution >= 0.6 is 0 Å². The highest BCUT2D eigenvalue weighted by atomic mass is 32.2. The summed E-state index contributed by atoms with van der Waals surface area (Å²) in [6, 6.07) is 8.26. The van der Waals surface area contributed by atoms with Gasteiger partial charge in [-0.1, -0.05) is 18.2 Å². The molecule has 1 atom stereocenters. The van der Waals surface area contributed by atoms with E-state index in [1.807, 2.05) is 4.90 Å². The molecule has 1 aliphatic carbocycles. The fourth-order valence-corrected chi connectivity index (χ4v) is 4.10. The number of sulfone groups is 1. The fraction of sp³-hybridized carbons (Fsp3) is 0.500. The van der Waals surface area contributed by atoms with Gasteiger partial charge in [0.15, 0.2) is 9.84 Å². The summed E-state index contributed by atoms with van der Waals surface area (Å²) in [6.45, 7) is 0.542. The Balaban J connectivity index is 1.49. The third-order valence-corrected chi connectivity index (χ3v) is 5.94. The van der Waals surface area contributed by atoms with E-state index in [4.69, 9.17) is 0 Å². The summed E-state index contributed by atoms with van der Waals surface area (Å²) < 4.78 is 24.3. The lowest BCUT2D eigenvalue weighted by atomic mass is 10.2. The molecule has 2 fully saturated rings. The fourth-order valence-electron chi connectivity index (χ4n) is 2.84. The second-order valence-corrected chi connectivity index (χ2v) is 8.24. The summed E-state index contributed by atoms with van der Waals surface area (Å²) in [5, 5.41) is 2.78. The number of hydrogen-bond acceptors (Lipinski definition) is 4. The van der Waals surface area contributed by atoms with E-state index in [-0.39, 0.29) is 34.9 Å². The van der Waals surface area contributed by atoms with Gasteiger partial charge in [-0.3, -0.25) is 9.59 Å². The highest BCUT2D eigenvalue weighted by Crippen LogP contribution is 2.30. The maximum Gasteiger partial charge on any atom is 0.225 e. The number of nitrogens with one attached hydrogen (secondary N) is 1. The molecule has 2 aliphatic rings. The smallest absolute Gasteiger partial charge is 0.225 e. The lowest BCUT2D eigenvalue weighted by Gasteiger charge is -2.16. The molecule has 0 bridgehead atoms. The molecule has 1 saturated carbocycles. The summed E-state index contributed by atoms with van der Waals surface area (Å²) in [7, 11) is -3.45. The quantitative estimate of drug-likeness (QED) is 0.830. The van der Waals surface area contributed by atoms with E-state index in [1.54, 1.807) is 18.2 Å². The van der Waals surface area contributed by atoms with E-state index >= 15 is 0 Å². The molecule has 0 spiro atoms. The van der Waals surface area contributed by atoms with Gasteiger partial charge < -0.3 is 10.2 Å². The van der Waals surface area contributed by atoms with Crippen LogP contribution in [0.2, 0.25) is 0 Å². The summed E-state index contributed by atoms with van der Waals surface area (Å²) in [5.74, 6) is -0.467. The number of rotatable bonds is 6. The van der Waals surface area contributed by atoms with E-state index in [0.29, 0.717) is 19.0 Å². The molecule has 124 valence electrons. The van der Waals surface area contributed by atoms with Gasteiger partial charge >= 0.3 is 0 Å². The Hall–Kier alpha value is -1.89. The molecule has 2 amide bonds. The highest BCUT2D eigenvalue weighted by molar-refractivity contribution is 7.91. The van der Waals surface area contributed by atoms with Crippen LogP contribution in [0.3, 0.4) is 0 Å². The van der Waals surface area contributed by atoms with Crippen LogP contribution in [0.4, 0.5) is 0 Å². The molecule has 1 saturated heterocycles. The Bertz CT molecular complexity index is 698. The van der Waals surface area contributed by atoms with Gasteiger partial charge in [0.1, 0.15) is 0 Å². The molecule has 1 N–H and O–H groups in total. The molecule has 1 heterocycles. The summed E-state index contributed by atoms with van der Waals surface area (Å²) >= 11 is 0. The number of carbonyl (C=O) groups is 2. The Morgan fingerprint density at radius 3 is 2.57 bits per heavy atom. The largest absolute Gasteiger partial charge is 0.351 e. The van der Waals surface area contributed by atoms with Crippen LogP contribution < -0.4 is 5.32 Å². The van der Waals surface area contributed by atoms with Crippen molar-refractivity contribution in [2.24, 2.45) is 0 Å². The van der Waals surface area contributed by atoms with Crippen LogP contribution in [-0.4, -0.2) is 49.5 Å². The molecule has 0 aromatic heterocycles. The zero-order chi connectivity index (χ0) is 16.4. The second-order valence-electron chi connectivity index (χ2n) is 6.13. The normalized spacial score (nSPS) is 21.5. The molecular formula is C16H20N2O4S. The Morgan fingerprint density at radius 1 is 1.22 bits per heavy atom.